The van der Waals surface area contributed by atoms with Crippen molar-refractivity contribution < 1.29 is 9.59 Å². The van der Waals surface area contributed by atoms with Crippen LogP contribution in [0, 0.1) is 11.8 Å². The maximum atomic E-state index is 12.7. The van der Waals surface area contributed by atoms with Crippen molar-refractivity contribution in [1.82, 2.24) is 9.80 Å². The zero-order chi connectivity index (χ0) is 14.7. The highest BCUT2D eigenvalue weighted by atomic mass is 16.2. The summed E-state index contributed by atoms with van der Waals surface area (Å²) in [7, 11) is 0. The lowest BCUT2D eigenvalue weighted by Crippen LogP contribution is -2.49. The Hall–Kier alpha value is -1.10. The fourth-order valence-electron chi connectivity index (χ4n) is 3.55. The molecular formula is C15H27N3O2. The molecule has 2 amide bonds. The molecule has 1 aliphatic heterocycles. The van der Waals surface area contributed by atoms with Gasteiger partial charge in [-0.15, -0.1) is 0 Å². The molecule has 1 heterocycles. The van der Waals surface area contributed by atoms with Gasteiger partial charge in [0.15, 0.2) is 0 Å². The van der Waals surface area contributed by atoms with Gasteiger partial charge in [0, 0.05) is 39.1 Å². The third-order valence-electron chi connectivity index (χ3n) is 4.81. The molecule has 2 fully saturated rings. The molecule has 0 radical (unpaired) electrons. The van der Waals surface area contributed by atoms with Crippen LogP contribution in [-0.2, 0) is 9.59 Å². The van der Waals surface area contributed by atoms with Crippen LogP contribution in [0.2, 0.25) is 0 Å². The standard InChI is InChI=1S/C15H27N3O2/c1-11-5-3-6-13(16)14(11)15(20)18-8-4-7-17(9-10-18)12(2)19/h11,13-14H,3-10,16H2,1-2H3. The Bertz CT molecular complexity index is 362. The molecule has 0 bridgehead atoms. The van der Waals surface area contributed by atoms with Gasteiger partial charge in [-0.25, -0.2) is 0 Å². The molecule has 3 unspecified atom stereocenters. The smallest absolute Gasteiger partial charge is 0.227 e. The second kappa shape index (κ2) is 6.57. The van der Waals surface area contributed by atoms with Crippen molar-refractivity contribution in [2.45, 2.75) is 45.6 Å². The van der Waals surface area contributed by atoms with Gasteiger partial charge in [-0.3, -0.25) is 9.59 Å². The highest BCUT2D eigenvalue weighted by Gasteiger charge is 2.36. The minimum atomic E-state index is -0.0346. The van der Waals surface area contributed by atoms with E-state index >= 15 is 0 Å². The minimum Gasteiger partial charge on any atom is -0.341 e. The van der Waals surface area contributed by atoms with E-state index in [2.05, 4.69) is 6.92 Å². The maximum Gasteiger partial charge on any atom is 0.227 e. The largest absolute Gasteiger partial charge is 0.341 e. The Balaban J connectivity index is 1.99. The van der Waals surface area contributed by atoms with Crippen LogP contribution < -0.4 is 5.73 Å². The predicted molar refractivity (Wildman–Crippen MR) is 77.9 cm³/mol. The molecule has 1 saturated carbocycles. The van der Waals surface area contributed by atoms with Gasteiger partial charge in [0.05, 0.1) is 5.92 Å². The van der Waals surface area contributed by atoms with Crippen molar-refractivity contribution in [3.8, 4) is 0 Å². The number of hydrogen-bond acceptors (Lipinski definition) is 3. The number of amides is 2. The van der Waals surface area contributed by atoms with Crippen molar-refractivity contribution in [3.05, 3.63) is 0 Å². The molecule has 5 nitrogen and oxygen atoms in total. The van der Waals surface area contributed by atoms with Gasteiger partial charge in [0.2, 0.25) is 11.8 Å². The topological polar surface area (TPSA) is 66.6 Å². The van der Waals surface area contributed by atoms with E-state index in [0.29, 0.717) is 19.0 Å². The number of carbonyl (C=O) groups excluding carboxylic acids is 2. The van der Waals surface area contributed by atoms with Crippen LogP contribution in [0.3, 0.4) is 0 Å². The quantitative estimate of drug-likeness (QED) is 0.774. The van der Waals surface area contributed by atoms with Crippen molar-refractivity contribution in [3.63, 3.8) is 0 Å². The number of carbonyl (C=O) groups is 2. The molecule has 2 aliphatic rings. The lowest BCUT2D eigenvalue weighted by Gasteiger charge is -2.36. The molecule has 1 aliphatic carbocycles. The van der Waals surface area contributed by atoms with Gasteiger partial charge in [-0.2, -0.15) is 0 Å². The first-order valence-electron chi connectivity index (χ1n) is 7.80. The number of nitrogens with two attached hydrogens (primary N) is 1. The van der Waals surface area contributed by atoms with Crippen LogP contribution in [0.1, 0.15) is 39.5 Å². The highest BCUT2D eigenvalue weighted by Crippen LogP contribution is 2.30. The summed E-state index contributed by atoms with van der Waals surface area (Å²) in [6.07, 6.45) is 4.04. The Morgan fingerprint density at radius 2 is 1.65 bits per heavy atom. The van der Waals surface area contributed by atoms with Crippen LogP contribution in [0.15, 0.2) is 0 Å². The summed E-state index contributed by atoms with van der Waals surface area (Å²) in [6.45, 7) is 6.54. The van der Waals surface area contributed by atoms with Crippen molar-refractivity contribution in [2.24, 2.45) is 17.6 Å². The first-order valence-corrected chi connectivity index (χ1v) is 7.80. The first-order chi connectivity index (χ1) is 9.50. The van der Waals surface area contributed by atoms with Gasteiger partial charge in [-0.1, -0.05) is 13.3 Å². The summed E-state index contributed by atoms with van der Waals surface area (Å²) in [5.74, 6) is 0.642. The monoisotopic (exact) mass is 281 g/mol. The molecule has 3 atom stereocenters. The summed E-state index contributed by atoms with van der Waals surface area (Å²) >= 11 is 0. The molecule has 2 N–H and O–H groups in total. The van der Waals surface area contributed by atoms with Crippen LogP contribution in [0.25, 0.3) is 0 Å². The fourth-order valence-corrected chi connectivity index (χ4v) is 3.55. The zero-order valence-electron chi connectivity index (χ0n) is 12.7. The van der Waals surface area contributed by atoms with Gasteiger partial charge < -0.3 is 15.5 Å². The normalized spacial score (nSPS) is 31.9. The minimum absolute atomic E-state index is 0.00147. The van der Waals surface area contributed by atoms with E-state index in [1.54, 1.807) is 6.92 Å². The molecule has 2 rings (SSSR count). The summed E-state index contributed by atoms with van der Waals surface area (Å²) < 4.78 is 0. The number of nitrogens with zero attached hydrogens (tertiary/aromatic N) is 2. The number of hydrogen-bond donors (Lipinski definition) is 1. The van der Waals surface area contributed by atoms with Gasteiger partial charge in [-0.05, 0) is 25.2 Å². The second-order valence-corrected chi connectivity index (χ2v) is 6.28. The third kappa shape index (κ3) is 3.32. The molecule has 0 aromatic heterocycles. The van der Waals surface area contributed by atoms with Crippen LogP contribution in [-0.4, -0.2) is 53.8 Å². The second-order valence-electron chi connectivity index (χ2n) is 6.28. The van der Waals surface area contributed by atoms with E-state index in [4.69, 9.17) is 5.73 Å². The van der Waals surface area contributed by atoms with Gasteiger partial charge >= 0.3 is 0 Å². The van der Waals surface area contributed by atoms with E-state index in [9.17, 15) is 9.59 Å². The van der Waals surface area contributed by atoms with Crippen molar-refractivity contribution in [1.29, 1.82) is 0 Å². The SMILES string of the molecule is CC(=O)N1CCCN(C(=O)C2C(C)CCCC2N)CC1. The Labute approximate surface area is 121 Å². The average Bonchev–Trinajstić information content (AvgIpc) is 2.64. The molecule has 0 aromatic rings. The van der Waals surface area contributed by atoms with Gasteiger partial charge in [0.25, 0.3) is 0 Å². The molecule has 5 heteroatoms. The number of rotatable bonds is 1. The van der Waals surface area contributed by atoms with E-state index in [1.165, 1.54) is 0 Å². The molecule has 0 spiro atoms. The molecule has 20 heavy (non-hydrogen) atoms. The molecule has 114 valence electrons. The Morgan fingerprint density at radius 1 is 1.00 bits per heavy atom. The van der Waals surface area contributed by atoms with E-state index in [1.807, 2.05) is 9.80 Å². The predicted octanol–water partition coefficient (Wildman–Crippen LogP) is 0.831. The highest BCUT2D eigenvalue weighted by molar-refractivity contribution is 5.80. The summed E-state index contributed by atoms with van der Waals surface area (Å²) in [4.78, 5) is 27.9. The molecule has 0 aromatic carbocycles. The summed E-state index contributed by atoms with van der Waals surface area (Å²) in [5.41, 5.74) is 6.18. The molecular weight excluding hydrogens is 254 g/mol. The molecule has 1 saturated heterocycles. The third-order valence-corrected chi connectivity index (χ3v) is 4.81. The lowest BCUT2D eigenvalue weighted by atomic mass is 9.76. The average molecular weight is 281 g/mol. The van der Waals surface area contributed by atoms with Crippen molar-refractivity contribution >= 4 is 11.8 Å². The van der Waals surface area contributed by atoms with Gasteiger partial charge in [0.1, 0.15) is 0 Å². The van der Waals surface area contributed by atoms with E-state index in [-0.39, 0.29) is 23.8 Å². The van der Waals surface area contributed by atoms with Crippen LogP contribution in [0.4, 0.5) is 0 Å². The summed E-state index contributed by atoms with van der Waals surface area (Å²) in [5, 5.41) is 0. The fraction of sp³-hybridized carbons (Fsp3) is 0.867. The Morgan fingerprint density at radius 3 is 2.30 bits per heavy atom. The van der Waals surface area contributed by atoms with Crippen LogP contribution >= 0.6 is 0 Å². The van der Waals surface area contributed by atoms with Crippen LogP contribution in [0.5, 0.6) is 0 Å². The van der Waals surface area contributed by atoms with Crippen molar-refractivity contribution in [2.75, 3.05) is 26.2 Å². The Kier molecular flexibility index (Phi) is 5.02. The van der Waals surface area contributed by atoms with E-state index in [0.717, 1.165) is 38.8 Å². The summed E-state index contributed by atoms with van der Waals surface area (Å²) in [6, 6.07) is -0.00147. The first kappa shape index (κ1) is 15.3. The zero-order valence-corrected chi connectivity index (χ0v) is 12.7. The lowest BCUT2D eigenvalue weighted by molar-refractivity contribution is -0.139. The maximum absolute atomic E-state index is 12.7. The van der Waals surface area contributed by atoms with E-state index < -0.39 is 0 Å².